The Bertz CT molecular complexity index is 240. The highest BCUT2D eigenvalue weighted by molar-refractivity contribution is 5.66. The van der Waals surface area contributed by atoms with Gasteiger partial charge in [-0.15, -0.1) is 0 Å². The van der Waals surface area contributed by atoms with Gasteiger partial charge in [0.1, 0.15) is 0 Å². The SMILES string of the molecule is CC1CCC(C(C)C)C(NCCCC(=O)O)C1. The van der Waals surface area contributed by atoms with Crippen molar-refractivity contribution < 1.29 is 9.90 Å². The van der Waals surface area contributed by atoms with Crippen LogP contribution < -0.4 is 5.32 Å². The Morgan fingerprint density at radius 1 is 1.41 bits per heavy atom. The van der Waals surface area contributed by atoms with Gasteiger partial charge in [0.25, 0.3) is 0 Å². The lowest BCUT2D eigenvalue weighted by molar-refractivity contribution is -0.137. The fourth-order valence-electron chi connectivity index (χ4n) is 2.96. The molecule has 3 nitrogen and oxygen atoms in total. The van der Waals surface area contributed by atoms with Crippen LogP contribution in [0, 0.1) is 17.8 Å². The molecule has 0 amide bonds. The first-order valence-corrected chi connectivity index (χ1v) is 6.96. The van der Waals surface area contributed by atoms with E-state index in [1.165, 1.54) is 19.3 Å². The summed E-state index contributed by atoms with van der Waals surface area (Å²) < 4.78 is 0. The van der Waals surface area contributed by atoms with Crippen molar-refractivity contribution in [2.24, 2.45) is 17.8 Å². The maximum absolute atomic E-state index is 10.4. The third-order valence-electron chi connectivity index (χ3n) is 4.00. The van der Waals surface area contributed by atoms with Crippen LogP contribution in [0.1, 0.15) is 52.9 Å². The fraction of sp³-hybridized carbons (Fsp3) is 0.929. The van der Waals surface area contributed by atoms with E-state index < -0.39 is 5.97 Å². The predicted octanol–water partition coefficient (Wildman–Crippen LogP) is 2.90. The number of nitrogens with one attached hydrogen (secondary N) is 1. The maximum Gasteiger partial charge on any atom is 0.303 e. The Morgan fingerprint density at radius 3 is 2.71 bits per heavy atom. The summed E-state index contributed by atoms with van der Waals surface area (Å²) in [6.07, 6.45) is 4.92. The van der Waals surface area contributed by atoms with Gasteiger partial charge in [-0.05, 0) is 43.6 Å². The van der Waals surface area contributed by atoms with Crippen molar-refractivity contribution >= 4 is 5.97 Å². The molecule has 2 N–H and O–H groups in total. The van der Waals surface area contributed by atoms with Gasteiger partial charge in [-0.1, -0.05) is 27.2 Å². The molecule has 100 valence electrons. The van der Waals surface area contributed by atoms with Gasteiger partial charge in [0.15, 0.2) is 0 Å². The van der Waals surface area contributed by atoms with Crippen molar-refractivity contribution in [2.45, 2.75) is 58.9 Å². The van der Waals surface area contributed by atoms with Crippen LogP contribution in [0.2, 0.25) is 0 Å². The Hall–Kier alpha value is -0.570. The Labute approximate surface area is 105 Å². The minimum atomic E-state index is -0.691. The molecule has 0 aromatic rings. The average Bonchev–Trinajstić information content (AvgIpc) is 2.23. The highest BCUT2D eigenvalue weighted by atomic mass is 16.4. The molecule has 0 bridgehead atoms. The Morgan fingerprint density at radius 2 is 2.12 bits per heavy atom. The molecule has 3 unspecified atom stereocenters. The van der Waals surface area contributed by atoms with E-state index in [2.05, 4.69) is 26.1 Å². The molecular weight excluding hydrogens is 214 g/mol. The summed E-state index contributed by atoms with van der Waals surface area (Å²) in [6, 6.07) is 0.590. The zero-order chi connectivity index (χ0) is 12.8. The van der Waals surface area contributed by atoms with Crippen molar-refractivity contribution in [2.75, 3.05) is 6.54 Å². The van der Waals surface area contributed by atoms with Crippen LogP contribution in [0.5, 0.6) is 0 Å². The van der Waals surface area contributed by atoms with Crippen molar-refractivity contribution in [3.8, 4) is 0 Å². The molecule has 0 saturated heterocycles. The van der Waals surface area contributed by atoms with E-state index >= 15 is 0 Å². The first-order valence-electron chi connectivity index (χ1n) is 6.96. The first kappa shape index (κ1) is 14.5. The number of hydrogen-bond donors (Lipinski definition) is 2. The number of aliphatic carboxylic acids is 1. The van der Waals surface area contributed by atoms with Crippen LogP contribution in [0.25, 0.3) is 0 Å². The summed E-state index contributed by atoms with van der Waals surface area (Å²) in [5, 5.41) is 12.2. The molecule has 1 saturated carbocycles. The number of carboxylic acids is 1. The summed E-state index contributed by atoms with van der Waals surface area (Å²) >= 11 is 0. The van der Waals surface area contributed by atoms with Gasteiger partial charge in [0, 0.05) is 12.5 Å². The van der Waals surface area contributed by atoms with Gasteiger partial charge in [0.05, 0.1) is 0 Å². The molecule has 0 aliphatic heterocycles. The Kier molecular flexibility index (Phi) is 5.96. The molecule has 3 heteroatoms. The molecule has 0 spiro atoms. The molecule has 1 aliphatic rings. The average molecular weight is 241 g/mol. The summed E-state index contributed by atoms with van der Waals surface area (Å²) in [5.74, 6) is 1.60. The van der Waals surface area contributed by atoms with Crippen LogP contribution in [-0.4, -0.2) is 23.7 Å². The van der Waals surface area contributed by atoms with Crippen LogP contribution in [0.4, 0.5) is 0 Å². The lowest BCUT2D eigenvalue weighted by Crippen LogP contribution is -2.43. The third kappa shape index (κ3) is 5.07. The molecule has 17 heavy (non-hydrogen) atoms. The zero-order valence-electron chi connectivity index (χ0n) is 11.4. The normalized spacial score (nSPS) is 29.5. The second-order valence-electron chi connectivity index (χ2n) is 5.88. The van der Waals surface area contributed by atoms with Crippen molar-refractivity contribution in [1.29, 1.82) is 0 Å². The summed E-state index contributed by atoms with van der Waals surface area (Å²) in [5.41, 5.74) is 0. The topological polar surface area (TPSA) is 49.3 Å². The quantitative estimate of drug-likeness (QED) is 0.703. The summed E-state index contributed by atoms with van der Waals surface area (Å²) in [6.45, 7) is 7.76. The van der Waals surface area contributed by atoms with E-state index in [-0.39, 0.29) is 6.42 Å². The number of carbonyl (C=O) groups is 1. The van der Waals surface area contributed by atoms with Gasteiger partial charge < -0.3 is 10.4 Å². The smallest absolute Gasteiger partial charge is 0.303 e. The van der Waals surface area contributed by atoms with E-state index in [0.29, 0.717) is 6.04 Å². The van der Waals surface area contributed by atoms with Crippen LogP contribution in [-0.2, 0) is 4.79 Å². The third-order valence-corrected chi connectivity index (χ3v) is 4.00. The summed E-state index contributed by atoms with van der Waals surface area (Å²) in [4.78, 5) is 10.4. The van der Waals surface area contributed by atoms with E-state index in [9.17, 15) is 4.79 Å². The molecule has 0 radical (unpaired) electrons. The highest BCUT2D eigenvalue weighted by Crippen LogP contribution is 2.33. The molecule has 1 aliphatic carbocycles. The molecular formula is C14H27NO2. The summed E-state index contributed by atoms with van der Waals surface area (Å²) in [7, 11) is 0. The van der Waals surface area contributed by atoms with Crippen LogP contribution in [0.15, 0.2) is 0 Å². The fourth-order valence-corrected chi connectivity index (χ4v) is 2.96. The zero-order valence-corrected chi connectivity index (χ0v) is 11.4. The Balaban J connectivity index is 2.33. The number of rotatable bonds is 6. The van der Waals surface area contributed by atoms with E-state index in [0.717, 1.165) is 30.7 Å². The van der Waals surface area contributed by atoms with E-state index in [1.807, 2.05) is 0 Å². The van der Waals surface area contributed by atoms with E-state index in [1.54, 1.807) is 0 Å². The standard InChI is InChI=1S/C14H27NO2/c1-10(2)12-7-6-11(3)9-13(12)15-8-4-5-14(16)17/h10-13,15H,4-9H2,1-3H3,(H,16,17). The monoisotopic (exact) mass is 241 g/mol. The second-order valence-corrected chi connectivity index (χ2v) is 5.88. The van der Waals surface area contributed by atoms with Gasteiger partial charge in [-0.25, -0.2) is 0 Å². The minimum absolute atomic E-state index is 0.279. The molecule has 1 rings (SSSR count). The minimum Gasteiger partial charge on any atom is -0.481 e. The lowest BCUT2D eigenvalue weighted by Gasteiger charge is -2.38. The van der Waals surface area contributed by atoms with Crippen LogP contribution >= 0.6 is 0 Å². The van der Waals surface area contributed by atoms with Crippen molar-refractivity contribution in [3.05, 3.63) is 0 Å². The highest BCUT2D eigenvalue weighted by Gasteiger charge is 2.29. The van der Waals surface area contributed by atoms with Gasteiger partial charge >= 0.3 is 5.97 Å². The predicted molar refractivity (Wildman–Crippen MR) is 70.0 cm³/mol. The van der Waals surface area contributed by atoms with Crippen molar-refractivity contribution in [3.63, 3.8) is 0 Å². The second kappa shape index (κ2) is 7.00. The molecule has 1 fully saturated rings. The number of carboxylic acid groups (broad SMARTS) is 1. The van der Waals surface area contributed by atoms with E-state index in [4.69, 9.17) is 5.11 Å². The van der Waals surface area contributed by atoms with Gasteiger partial charge in [0.2, 0.25) is 0 Å². The van der Waals surface area contributed by atoms with Gasteiger partial charge in [-0.3, -0.25) is 4.79 Å². The molecule has 3 atom stereocenters. The lowest BCUT2D eigenvalue weighted by atomic mass is 9.74. The van der Waals surface area contributed by atoms with Crippen molar-refractivity contribution in [1.82, 2.24) is 5.32 Å². The van der Waals surface area contributed by atoms with Crippen LogP contribution in [0.3, 0.4) is 0 Å². The number of hydrogen-bond acceptors (Lipinski definition) is 2. The molecule has 0 aromatic heterocycles. The molecule has 0 aromatic carbocycles. The van der Waals surface area contributed by atoms with Gasteiger partial charge in [-0.2, -0.15) is 0 Å². The molecule has 0 heterocycles. The first-order chi connectivity index (χ1) is 8.00. The maximum atomic E-state index is 10.4. The largest absolute Gasteiger partial charge is 0.481 e.